The number of carbonyl (C=O) groups is 1. The average Bonchev–Trinajstić information content (AvgIpc) is 3.12. The van der Waals surface area contributed by atoms with Crippen LogP contribution in [0.15, 0.2) is 22.8 Å². The topological polar surface area (TPSA) is 51.5 Å². The molecule has 2 aromatic rings. The molecular formula is C15H17NO3S. The minimum Gasteiger partial charge on any atom is -0.467 e. The van der Waals surface area contributed by atoms with Crippen LogP contribution in [0, 0.1) is 0 Å². The zero-order valence-electron chi connectivity index (χ0n) is 11.4. The molecule has 0 atom stereocenters. The Bertz CT molecular complexity index is 593. The van der Waals surface area contributed by atoms with Gasteiger partial charge in [0.25, 0.3) is 0 Å². The minimum atomic E-state index is -0.366. The first-order valence-corrected chi connectivity index (χ1v) is 7.55. The second kappa shape index (κ2) is 5.81. The molecular weight excluding hydrogens is 274 g/mol. The first-order valence-electron chi connectivity index (χ1n) is 6.73. The molecule has 0 spiro atoms. The van der Waals surface area contributed by atoms with Crippen LogP contribution in [0.5, 0.6) is 0 Å². The highest BCUT2D eigenvalue weighted by Gasteiger charge is 2.14. The molecule has 1 aliphatic rings. The van der Waals surface area contributed by atoms with Crippen LogP contribution < -0.4 is 5.32 Å². The van der Waals surface area contributed by atoms with Gasteiger partial charge in [0, 0.05) is 16.3 Å². The van der Waals surface area contributed by atoms with Crippen molar-refractivity contribution in [3.8, 4) is 0 Å². The fourth-order valence-electron chi connectivity index (χ4n) is 2.48. The van der Waals surface area contributed by atoms with Gasteiger partial charge in [-0.3, -0.25) is 0 Å². The maximum Gasteiger partial charge on any atom is 0.341 e. The fraction of sp³-hybridized carbons (Fsp3) is 0.400. The van der Waals surface area contributed by atoms with Gasteiger partial charge in [-0.25, -0.2) is 4.79 Å². The molecule has 0 saturated heterocycles. The summed E-state index contributed by atoms with van der Waals surface area (Å²) in [5.74, 6) is 0.379. The van der Waals surface area contributed by atoms with E-state index in [0.29, 0.717) is 12.1 Å². The van der Waals surface area contributed by atoms with Crippen molar-refractivity contribution in [2.45, 2.75) is 32.4 Å². The molecule has 0 saturated carbocycles. The Balaban J connectivity index is 1.52. The number of thiophene rings is 1. The number of methoxy groups -OCH3 is 1. The van der Waals surface area contributed by atoms with Gasteiger partial charge in [-0.05, 0) is 37.0 Å². The van der Waals surface area contributed by atoms with Crippen molar-refractivity contribution in [1.82, 2.24) is 5.32 Å². The van der Waals surface area contributed by atoms with Crippen molar-refractivity contribution < 1.29 is 13.9 Å². The molecule has 0 bridgehead atoms. The predicted octanol–water partition coefficient (Wildman–Crippen LogP) is 2.91. The zero-order chi connectivity index (χ0) is 13.9. The van der Waals surface area contributed by atoms with Gasteiger partial charge in [0.2, 0.25) is 0 Å². The Labute approximate surface area is 121 Å². The normalized spacial score (nSPS) is 13.4. The number of hydrogen-bond donors (Lipinski definition) is 1. The minimum absolute atomic E-state index is 0.366. The summed E-state index contributed by atoms with van der Waals surface area (Å²) in [5.41, 5.74) is 1.98. The summed E-state index contributed by atoms with van der Waals surface area (Å²) < 4.78 is 9.97. The van der Waals surface area contributed by atoms with Gasteiger partial charge in [0.1, 0.15) is 12.0 Å². The molecule has 20 heavy (non-hydrogen) atoms. The summed E-state index contributed by atoms with van der Waals surface area (Å²) in [4.78, 5) is 14.2. The molecule has 2 heterocycles. The average molecular weight is 291 g/mol. The van der Waals surface area contributed by atoms with Crippen LogP contribution in [0.2, 0.25) is 0 Å². The Hall–Kier alpha value is -1.59. The second-order valence-corrected chi connectivity index (χ2v) is 6.13. The molecule has 0 amide bonds. The molecule has 0 radical (unpaired) electrons. The zero-order valence-corrected chi connectivity index (χ0v) is 12.2. The van der Waals surface area contributed by atoms with Crippen LogP contribution in [0.3, 0.4) is 0 Å². The lowest BCUT2D eigenvalue weighted by Gasteiger charge is -2.00. The Morgan fingerprint density at radius 3 is 3.10 bits per heavy atom. The van der Waals surface area contributed by atoms with Crippen molar-refractivity contribution in [1.29, 1.82) is 0 Å². The number of aryl methyl sites for hydroxylation is 2. The predicted molar refractivity (Wildman–Crippen MR) is 76.9 cm³/mol. The highest BCUT2D eigenvalue weighted by atomic mass is 32.1. The Morgan fingerprint density at radius 1 is 1.40 bits per heavy atom. The number of fused-ring (bicyclic) bond motifs is 1. The largest absolute Gasteiger partial charge is 0.467 e. The van der Waals surface area contributed by atoms with Gasteiger partial charge in [-0.15, -0.1) is 11.3 Å². The fourth-order valence-corrected chi connectivity index (χ4v) is 3.72. The standard InChI is InChI=1S/C15H17NO3S/c1-18-15(17)11-5-12(19-9-11)7-16-8-13-6-10-3-2-4-14(10)20-13/h5-6,9,16H,2-4,7-8H2,1H3. The van der Waals surface area contributed by atoms with Gasteiger partial charge in [-0.1, -0.05) is 0 Å². The van der Waals surface area contributed by atoms with E-state index in [1.54, 1.807) is 10.9 Å². The molecule has 0 fully saturated rings. The number of esters is 1. The number of carbonyl (C=O) groups excluding carboxylic acids is 1. The summed E-state index contributed by atoms with van der Waals surface area (Å²) in [5, 5.41) is 3.34. The molecule has 0 aromatic carbocycles. The summed E-state index contributed by atoms with van der Waals surface area (Å²) >= 11 is 1.90. The lowest BCUT2D eigenvalue weighted by molar-refractivity contribution is 0.0600. The third kappa shape index (κ3) is 2.78. The molecule has 106 valence electrons. The first kappa shape index (κ1) is 13.4. The van der Waals surface area contributed by atoms with E-state index in [0.717, 1.165) is 12.3 Å². The van der Waals surface area contributed by atoms with Crippen LogP contribution in [-0.2, 0) is 30.7 Å². The van der Waals surface area contributed by atoms with Crippen molar-refractivity contribution in [3.05, 3.63) is 45.0 Å². The van der Waals surface area contributed by atoms with Crippen LogP contribution in [0.4, 0.5) is 0 Å². The van der Waals surface area contributed by atoms with Gasteiger partial charge in [0.15, 0.2) is 0 Å². The van der Waals surface area contributed by atoms with E-state index in [4.69, 9.17) is 4.42 Å². The molecule has 0 aliphatic heterocycles. The smallest absolute Gasteiger partial charge is 0.341 e. The number of ether oxygens (including phenoxy) is 1. The van der Waals surface area contributed by atoms with Crippen molar-refractivity contribution >= 4 is 17.3 Å². The monoisotopic (exact) mass is 291 g/mol. The molecule has 4 nitrogen and oxygen atoms in total. The SMILES string of the molecule is COC(=O)c1coc(CNCc2cc3c(s2)CCC3)c1. The van der Waals surface area contributed by atoms with E-state index in [9.17, 15) is 4.79 Å². The molecule has 3 rings (SSSR count). The summed E-state index contributed by atoms with van der Waals surface area (Å²) in [6, 6.07) is 4.02. The van der Waals surface area contributed by atoms with E-state index in [1.165, 1.54) is 43.1 Å². The maximum absolute atomic E-state index is 11.3. The summed E-state index contributed by atoms with van der Waals surface area (Å²) in [6.45, 7) is 1.45. The molecule has 1 aliphatic carbocycles. The van der Waals surface area contributed by atoms with Crippen molar-refractivity contribution in [2.75, 3.05) is 7.11 Å². The highest BCUT2D eigenvalue weighted by molar-refractivity contribution is 7.12. The highest BCUT2D eigenvalue weighted by Crippen LogP contribution is 2.30. The van der Waals surface area contributed by atoms with E-state index in [-0.39, 0.29) is 5.97 Å². The second-order valence-electron chi connectivity index (χ2n) is 4.91. The number of nitrogens with one attached hydrogen (secondary N) is 1. The lowest BCUT2D eigenvalue weighted by atomic mass is 10.2. The summed E-state index contributed by atoms with van der Waals surface area (Å²) in [6.07, 6.45) is 5.20. The quantitative estimate of drug-likeness (QED) is 0.861. The lowest BCUT2D eigenvalue weighted by Crippen LogP contribution is -2.11. The van der Waals surface area contributed by atoms with Crippen LogP contribution in [-0.4, -0.2) is 13.1 Å². The van der Waals surface area contributed by atoms with Gasteiger partial charge in [-0.2, -0.15) is 0 Å². The van der Waals surface area contributed by atoms with Crippen LogP contribution in [0.1, 0.15) is 37.9 Å². The van der Waals surface area contributed by atoms with Gasteiger partial charge < -0.3 is 14.5 Å². The van der Waals surface area contributed by atoms with E-state index < -0.39 is 0 Å². The molecule has 5 heteroatoms. The maximum atomic E-state index is 11.3. The number of furan rings is 1. The molecule has 1 N–H and O–H groups in total. The van der Waals surface area contributed by atoms with Gasteiger partial charge in [0.05, 0.1) is 19.2 Å². The number of hydrogen-bond acceptors (Lipinski definition) is 5. The Kier molecular flexibility index (Phi) is 3.89. The third-order valence-electron chi connectivity index (χ3n) is 3.47. The van der Waals surface area contributed by atoms with Crippen molar-refractivity contribution in [2.24, 2.45) is 0 Å². The van der Waals surface area contributed by atoms with E-state index in [2.05, 4.69) is 16.1 Å². The molecule has 2 aromatic heterocycles. The van der Waals surface area contributed by atoms with Gasteiger partial charge >= 0.3 is 5.97 Å². The van der Waals surface area contributed by atoms with Crippen LogP contribution >= 0.6 is 11.3 Å². The third-order valence-corrected chi connectivity index (χ3v) is 4.71. The van der Waals surface area contributed by atoms with Crippen LogP contribution in [0.25, 0.3) is 0 Å². The first-order chi connectivity index (χ1) is 9.76. The molecule has 0 unspecified atom stereocenters. The summed E-state index contributed by atoms with van der Waals surface area (Å²) in [7, 11) is 1.36. The number of rotatable bonds is 5. The van der Waals surface area contributed by atoms with E-state index >= 15 is 0 Å². The van der Waals surface area contributed by atoms with Crippen molar-refractivity contribution in [3.63, 3.8) is 0 Å². The Morgan fingerprint density at radius 2 is 2.30 bits per heavy atom. The van der Waals surface area contributed by atoms with E-state index in [1.807, 2.05) is 11.3 Å².